The number of ether oxygens (including phenoxy) is 1. The van der Waals surface area contributed by atoms with Gasteiger partial charge in [-0.25, -0.2) is 0 Å². The van der Waals surface area contributed by atoms with Crippen LogP contribution >= 0.6 is 0 Å². The first-order valence-corrected chi connectivity index (χ1v) is 5.62. The van der Waals surface area contributed by atoms with Crippen molar-refractivity contribution >= 4 is 17.6 Å². The number of nitrogens with zero attached hydrogens (tertiary/aromatic N) is 1. The predicted molar refractivity (Wildman–Crippen MR) is 62.8 cm³/mol. The first kappa shape index (κ1) is 12.3. The van der Waals surface area contributed by atoms with Gasteiger partial charge in [0.25, 0.3) is 5.91 Å². The van der Waals surface area contributed by atoms with Crippen LogP contribution in [-0.4, -0.2) is 29.6 Å². The number of Topliss-reactive ketones (excluding diaryl/α,β-unsaturated/α-hetero) is 1. The molecule has 0 aliphatic carbocycles. The Morgan fingerprint density at radius 1 is 1.11 bits per heavy atom. The van der Waals surface area contributed by atoms with E-state index in [1.165, 1.54) is 0 Å². The molecule has 0 bridgehead atoms. The summed E-state index contributed by atoms with van der Waals surface area (Å²) in [5.74, 6) is -0.799. The van der Waals surface area contributed by atoms with E-state index in [2.05, 4.69) is 0 Å². The third-order valence-electron chi connectivity index (χ3n) is 2.85. The van der Waals surface area contributed by atoms with Gasteiger partial charge in [0.15, 0.2) is 0 Å². The van der Waals surface area contributed by atoms with E-state index in [0.29, 0.717) is 5.75 Å². The van der Waals surface area contributed by atoms with Crippen LogP contribution in [0.15, 0.2) is 24.3 Å². The molecule has 1 saturated heterocycles. The molecular weight excluding hydrogens is 234 g/mol. The summed E-state index contributed by atoms with van der Waals surface area (Å²) in [5, 5.41) is 0. The fraction of sp³-hybridized carbons (Fsp3) is 0.308. The zero-order valence-electron chi connectivity index (χ0n) is 10.0. The number of likely N-dealkylation sites (tertiary alicyclic amines) is 1. The summed E-state index contributed by atoms with van der Waals surface area (Å²) in [6, 6.07) is 7.02. The van der Waals surface area contributed by atoms with Crippen LogP contribution in [0.2, 0.25) is 0 Å². The first-order chi connectivity index (χ1) is 8.61. The Morgan fingerprint density at radius 3 is 2.39 bits per heavy atom. The molecule has 18 heavy (non-hydrogen) atoms. The van der Waals surface area contributed by atoms with Crippen molar-refractivity contribution in [3.8, 4) is 5.75 Å². The molecule has 0 unspecified atom stereocenters. The largest absolute Gasteiger partial charge is 0.497 e. The molecule has 1 aromatic carbocycles. The normalized spacial score (nSPS) is 16.1. The minimum Gasteiger partial charge on any atom is -0.497 e. The number of methoxy groups -OCH3 is 1. The van der Waals surface area contributed by atoms with Crippen molar-refractivity contribution in [3.63, 3.8) is 0 Å². The highest BCUT2D eigenvalue weighted by Gasteiger charge is 2.32. The van der Waals surface area contributed by atoms with Crippen LogP contribution in [0.3, 0.4) is 0 Å². The molecule has 0 saturated carbocycles. The number of carbonyl (C=O) groups excluding carboxylic acids is 3. The van der Waals surface area contributed by atoms with Gasteiger partial charge in [-0.3, -0.25) is 19.3 Å². The van der Waals surface area contributed by atoms with Crippen molar-refractivity contribution in [1.29, 1.82) is 0 Å². The highest BCUT2D eigenvalue weighted by molar-refractivity contribution is 6.40. The number of amides is 2. The standard InChI is InChI=1S/C13H13NO4/c1-18-10-4-2-9(3-5-10)8-14-12(16)7-6-11(15)13(14)17/h2-5H,6-8H2,1H3. The van der Waals surface area contributed by atoms with Crippen LogP contribution < -0.4 is 4.74 Å². The molecule has 0 atom stereocenters. The Hall–Kier alpha value is -2.17. The number of hydrogen-bond donors (Lipinski definition) is 0. The Morgan fingerprint density at radius 2 is 1.78 bits per heavy atom. The minimum atomic E-state index is -0.706. The fourth-order valence-electron chi connectivity index (χ4n) is 1.80. The molecule has 0 radical (unpaired) electrons. The van der Waals surface area contributed by atoms with Crippen molar-refractivity contribution in [1.82, 2.24) is 4.90 Å². The Labute approximate surface area is 104 Å². The molecule has 2 rings (SSSR count). The average molecular weight is 247 g/mol. The van der Waals surface area contributed by atoms with Crippen LogP contribution in [0.5, 0.6) is 5.75 Å². The second-order valence-corrected chi connectivity index (χ2v) is 4.06. The van der Waals surface area contributed by atoms with Gasteiger partial charge in [-0.2, -0.15) is 0 Å². The Bertz CT molecular complexity index is 492. The Balaban J connectivity index is 2.13. The molecule has 0 aromatic heterocycles. The van der Waals surface area contributed by atoms with Gasteiger partial charge in [-0.15, -0.1) is 0 Å². The number of piperidine rings is 1. The van der Waals surface area contributed by atoms with Gasteiger partial charge in [0.2, 0.25) is 11.7 Å². The van der Waals surface area contributed by atoms with Gasteiger partial charge in [-0.1, -0.05) is 12.1 Å². The summed E-state index contributed by atoms with van der Waals surface area (Å²) < 4.78 is 5.02. The molecule has 2 amide bonds. The number of carbonyl (C=O) groups is 3. The van der Waals surface area contributed by atoms with Gasteiger partial charge < -0.3 is 4.74 Å². The highest BCUT2D eigenvalue weighted by Crippen LogP contribution is 2.16. The molecule has 94 valence electrons. The minimum absolute atomic E-state index is 0.0246. The number of rotatable bonds is 3. The molecule has 5 nitrogen and oxygen atoms in total. The van der Waals surface area contributed by atoms with E-state index in [1.54, 1.807) is 31.4 Å². The highest BCUT2D eigenvalue weighted by atomic mass is 16.5. The molecule has 0 N–H and O–H groups in total. The molecular formula is C13H13NO4. The van der Waals surface area contributed by atoms with Gasteiger partial charge >= 0.3 is 0 Å². The molecule has 1 aliphatic heterocycles. The lowest BCUT2D eigenvalue weighted by Crippen LogP contribution is -2.44. The monoisotopic (exact) mass is 247 g/mol. The van der Waals surface area contributed by atoms with Gasteiger partial charge in [-0.05, 0) is 17.7 Å². The zero-order chi connectivity index (χ0) is 13.1. The zero-order valence-corrected chi connectivity index (χ0v) is 10.0. The van der Waals surface area contributed by atoms with Crippen LogP contribution in [0.4, 0.5) is 0 Å². The average Bonchev–Trinajstić information content (AvgIpc) is 2.40. The number of imide groups is 1. The van der Waals surface area contributed by atoms with E-state index in [4.69, 9.17) is 4.74 Å². The molecule has 1 aromatic rings. The summed E-state index contributed by atoms with van der Waals surface area (Å²) in [7, 11) is 1.56. The lowest BCUT2D eigenvalue weighted by Gasteiger charge is -2.23. The quantitative estimate of drug-likeness (QED) is 0.588. The van der Waals surface area contributed by atoms with Gasteiger partial charge in [0.05, 0.1) is 13.7 Å². The summed E-state index contributed by atoms with van der Waals surface area (Å²) in [5.41, 5.74) is 0.784. The summed E-state index contributed by atoms with van der Waals surface area (Å²) >= 11 is 0. The maximum Gasteiger partial charge on any atom is 0.296 e. The second kappa shape index (κ2) is 5.00. The lowest BCUT2D eigenvalue weighted by atomic mass is 10.1. The molecule has 5 heteroatoms. The topological polar surface area (TPSA) is 63.7 Å². The summed E-state index contributed by atoms with van der Waals surface area (Å²) in [4.78, 5) is 35.5. The van der Waals surface area contributed by atoms with Crippen LogP contribution in [0.25, 0.3) is 0 Å². The smallest absolute Gasteiger partial charge is 0.296 e. The van der Waals surface area contributed by atoms with Crippen LogP contribution in [0.1, 0.15) is 18.4 Å². The van der Waals surface area contributed by atoms with Crippen LogP contribution in [-0.2, 0) is 20.9 Å². The van der Waals surface area contributed by atoms with Crippen molar-refractivity contribution in [3.05, 3.63) is 29.8 Å². The van der Waals surface area contributed by atoms with Gasteiger partial charge in [0.1, 0.15) is 5.75 Å². The predicted octanol–water partition coefficient (Wildman–Crippen LogP) is 0.913. The second-order valence-electron chi connectivity index (χ2n) is 4.06. The van der Waals surface area contributed by atoms with E-state index < -0.39 is 11.7 Å². The lowest BCUT2D eigenvalue weighted by molar-refractivity contribution is -0.156. The van der Waals surface area contributed by atoms with E-state index in [-0.39, 0.29) is 25.3 Å². The van der Waals surface area contributed by atoms with E-state index >= 15 is 0 Å². The van der Waals surface area contributed by atoms with Gasteiger partial charge in [0, 0.05) is 12.8 Å². The summed E-state index contributed by atoms with van der Waals surface area (Å²) in [6.07, 6.45) is 0.136. The SMILES string of the molecule is COc1ccc(CN2C(=O)CCC(=O)C2=O)cc1. The Kier molecular flexibility index (Phi) is 3.41. The maximum absolute atomic E-state index is 11.6. The molecule has 0 spiro atoms. The fourth-order valence-corrected chi connectivity index (χ4v) is 1.80. The summed E-state index contributed by atoms with van der Waals surface area (Å²) in [6.45, 7) is 0.132. The van der Waals surface area contributed by atoms with E-state index in [0.717, 1.165) is 10.5 Å². The third kappa shape index (κ3) is 2.40. The van der Waals surface area contributed by atoms with Crippen LogP contribution in [0, 0.1) is 0 Å². The van der Waals surface area contributed by atoms with Crippen molar-refractivity contribution in [2.24, 2.45) is 0 Å². The van der Waals surface area contributed by atoms with Crippen molar-refractivity contribution in [2.45, 2.75) is 19.4 Å². The van der Waals surface area contributed by atoms with E-state index in [1.807, 2.05) is 0 Å². The van der Waals surface area contributed by atoms with Crippen molar-refractivity contribution < 1.29 is 19.1 Å². The number of benzene rings is 1. The number of ketones is 1. The van der Waals surface area contributed by atoms with Crippen molar-refractivity contribution in [2.75, 3.05) is 7.11 Å². The molecule has 1 heterocycles. The molecule has 1 fully saturated rings. The number of hydrogen-bond acceptors (Lipinski definition) is 4. The first-order valence-electron chi connectivity index (χ1n) is 5.62. The van der Waals surface area contributed by atoms with E-state index in [9.17, 15) is 14.4 Å². The maximum atomic E-state index is 11.6. The third-order valence-corrected chi connectivity index (χ3v) is 2.85. The molecule has 1 aliphatic rings.